The van der Waals surface area contributed by atoms with Crippen LogP contribution in [0.4, 0.5) is 5.69 Å². The molecule has 0 aliphatic heterocycles. The minimum Gasteiger partial charge on any atom is -0.299 e. The van der Waals surface area contributed by atoms with Gasteiger partial charge in [-0.25, -0.2) is 0 Å². The van der Waals surface area contributed by atoms with Crippen LogP contribution >= 0.6 is 11.6 Å². The molecule has 2 nitrogen and oxygen atoms in total. The number of aliphatic imine (C=N–C) groups is 1. The molecule has 0 amide bonds. The molecule has 1 aromatic carbocycles. The first-order valence-electron chi connectivity index (χ1n) is 6.20. The lowest BCUT2D eigenvalue weighted by atomic mass is 9.76. The van der Waals surface area contributed by atoms with Crippen LogP contribution in [-0.2, 0) is 4.79 Å². The van der Waals surface area contributed by atoms with Gasteiger partial charge in [0, 0.05) is 18.6 Å². The second-order valence-electron chi connectivity index (χ2n) is 5.87. The van der Waals surface area contributed by atoms with Gasteiger partial charge < -0.3 is 0 Å². The van der Waals surface area contributed by atoms with E-state index < -0.39 is 0 Å². The molecule has 0 atom stereocenters. The fraction of sp³-hybridized carbons (Fsp3) is 0.467. The maximum Gasteiger partial charge on any atom is 0.139 e. The van der Waals surface area contributed by atoms with E-state index in [0.29, 0.717) is 17.9 Å². The Morgan fingerprint density at radius 2 is 2.00 bits per heavy atom. The van der Waals surface area contributed by atoms with Gasteiger partial charge in [-0.15, -0.1) is 0 Å². The highest BCUT2D eigenvalue weighted by Gasteiger charge is 2.30. The number of hydrogen-bond donors (Lipinski definition) is 0. The molecule has 0 aromatic heterocycles. The number of ketones is 1. The number of carbonyl (C=O) groups is 1. The quantitative estimate of drug-likeness (QED) is 0.733. The molecule has 96 valence electrons. The van der Waals surface area contributed by atoms with Crippen molar-refractivity contribution in [3.05, 3.63) is 28.8 Å². The first-order valence-corrected chi connectivity index (χ1v) is 6.58. The summed E-state index contributed by atoms with van der Waals surface area (Å²) in [5.74, 6) is 0.272. The number of nitrogens with zero attached hydrogens (tertiary/aromatic N) is 1. The maximum atomic E-state index is 11.7. The van der Waals surface area contributed by atoms with Crippen molar-refractivity contribution in [1.82, 2.24) is 0 Å². The van der Waals surface area contributed by atoms with Crippen LogP contribution in [0.1, 0.15) is 38.7 Å². The Bertz CT molecular complexity index is 517. The van der Waals surface area contributed by atoms with Crippen LogP contribution in [0.5, 0.6) is 0 Å². The predicted molar refractivity (Wildman–Crippen MR) is 75.9 cm³/mol. The summed E-state index contributed by atoms with van der Waals surface area (Å²) in [5, 5.41) is 0.643. The predicted octanol–water partition coefficient (Wildman–Crippen LogP) is 4.50. The number of halogens is 1. The van der Waals surface area contributed by atoms with Crippen molar-refractivity contribution in [2.75, 3.05) is 0 Å². The van der Waals surface area contributed by atoms with Gasteiger partial charge in [-0.1, -0.05) is 31.5 Å². The Morgan fingerprint density at radius 3 is 2.67 bits per heavy atom. The van der Waals surface area contributed by atoms with Gasteiger partial charge in [-0.2, -0.15) is 0 Å². The van der Waals surface area contributed by atoms with Crippen molar-refractivity contribution in [3.63, 3.8) is 0 Å². The smallest absolute Gasteiger partial charge is 0.139 e. The summed E-state index contributed by atoms with van der Waals surface area (Å²) in [6.45, 7) is 6.23. The Hall–Kier alpha value is -1.15. The first kappa shape index (κ1) is 13.3. The molecule has 3 heteroatoms. The number of Topliss-reactive ketones (excluding diaryl/α,β-unsaturated/α-hetero) is 1. The lowest BCUT2D eigenvalue weighted by Gasteiger charge is -2.29. The molecule has 0 spiro atoms. The summed E-state index contributed by atoms with van der Waals surface area (Å²) >= 11 is 6.13. The van der Waals surface area contributed by atoms with Crippen LogP contribution in [0.3, 0.4) is 0 Å². The van der Waals surface area contributed by atoms with Crippen molar-refractivity contribution >= 4 is 28.8 Å². The number of aryl methyl sites for hydroxylation is 1. The molecule has 0 heterocycles. The van der Waals surface area contributed by atoms with E-state index in [-0.39, 0.29) is 11.2 Å². The zero-order valence-corrected chi connectivity index (χ0v) is 11.8. The zero-order valence-electron chi connectivity index (χ0n) is 11.1. The van der Waals surface area contributed by atoms with Crippen LogP contribution in [-0.4, -0.2) is 11.5 Å². The van der Waals surface area contributed by atoms with E-state index in [1.165, 1.54) is 0 Å². The molecule has 18 heavy (non-hydrogen) atoms. The highest BCUT2D eigenvalue weighted by atomic mass is 35.5. The molecule has 1 fully saturated rings. The Balaban J connectivity index is 2.32. The van der Waals surface area contributed by atoms with Gasteiger partial charge in [-0.3, -0.25) is 9.79 Å². The molecule has 0 radical (unpaired) electrons. The molecule has 0 saturated heterocycles. The van der Waals surface area contributed by atoms with Gasteiger partial charge in [0.2, 0.25) is 0 Å². The van der Waals surface area contributed by atoms with Crippen LogP contribution in [0.25, 0.3) is 0 Å². The minimum absolute atomic E-state index is 0.0183. The standard InChI is InChI=1S/C15H18ClNO/c1-10-4-5-13(16)14(6-10)17-11-7-12(18)9-15(2,3)8-11/h4-6H,7-9H2,1-3H3. The molecule has 0 unspecified atom stereocenters. The second-order valence-corrected chi connectivity index (χ2v) is 6.27. The van der Waals surface area contributed by atoms with Gasteiger partial charge >= 0.3 is 0 Å². The van der Waals surface area contributed by atoms with Gasteiger partial charge in [-0.05, 0) is 36.5 Å². The van der Waals surface area contributed by atoms with Gasteiger partial charge in [0.1, 0.15) is 5.78 Å². The van der Waals surface area contributed by atoms with Crippen molar-refractivity contribution in [1.29, 1.82) is 0 Å². The first-order chi connectivity index (χ1) is 8.35. The number of rotatable bonds is 1. The van der Waals surface area contributed by atoms with E-state index >= 15 is 0 Å². The Labute approximate surface area is 113 Å². The SMILES string of the molecule is Cc1ccc(Cl)c(N=C2CC(=O)CC(C)(C)C2)c1. The monoisotopic (exact) mass is 263 g/mol. The second kappa shape index (κ2) is 4.85. The van der Waals surface area contributed by atoms with E-state index in [2.05, 4.69) is 18.8 Å². The van der Waals surface area contributed by atoms with Crippen molar-refractivity contribution in [2.24, 2.45) is 10.4 Å². The summed E-state index contributed by atoms with van der Waals surface area (Å²) in [6, 6.07) is 5.77. The highest BCUT2D eigenvalue weighted by Crippen LogP contribution is 2.34. The minimum atomic E-state index is 0.0183. The molecule has 1 aliphatic rings. The lowest BCUT2D eigenvalue weighted by molar-refractivity contribution is -0.120. The molecule has 1 aliphatic carbocycles. The third kappa shape index (κ3) is 3.20. The third-order valence-electron chi connectivity index (χ3n) is 3.14. The van der Waals surface area contributed by atoms with Crippen LogP contribution in [0.15, 0.2) is 23.2 Å². The average Bonchev–Trinajstić information content (AvgIpc) is 2.20. The molecular formula is C15H18ClNO. The average molecular weight is 264 g/mol. The fourth-order valence-electron chi connectivity index (χ4n) is 2.46. The maximum absolute atomic E-state index is 11.7. The van der Waals surface area contributed by atoms with E-state index in [1.54, 1.807) is 0 Å². The van der Waals surface area contributed by atoms with Crippen LogP contribution in [0, 0.1) is 12.3 Å². The number of carbonyl (C=O) groups excluding carboxylic acids is 1. The van der Waals surface area contributed by atoms with Crippen LogP contribution in [0.2, 0.25) is 5.02 Å². The molecular weight excluding hydrogens is 246 g/mol. The summed E-state index contributed by atoms with van der Waals surface area (Å²) in [6.07, 6.45) is 1.98. The Kier molecular flexibility index (Phi) is 3.58. The van der Waals surface area contributed by atoms with Gasteiger partial charge in [0.25, 0.3) is 0 Å². The highest BCUT2D eigenvalue weighted by molar-refractivity contribution is 6.33. The largest absolute Gasteiger partial charge is 0.299 e. The van der Waals surface area contributed by atoms with E-state index in [9.17, 15) is 4.79 Å². The molecule has 2 rings (SSSR count). The van der Waals surface area contributed by atoms with E-state index in [0.717, 1.165) is 23.4 Å². The topological polar surface area (TPSA) is 29.4 Å². The van der Waals surface area contributed by atoms with Gasteiger partial charge in [0.15, 0.2) is 0 Å². The summed E-state index contributed by atoms with van der Waals surface area (Å²) < 4.78 is 0. The van der Waals surface area contributed by atoms with Crippen molar-refractivity contribution in [3.8, 4) is 0 Å². The van der Waals surface area contributed by atoms with Crippen molar-refractivity contribution < 1.29 is 4.79 Å². The summed E-state index contributed by atoms with van der Waals surface area (Å²) in [5.41, 5.74) is 2.87. The molecule has 0 bridgehead atoms. The Morgan fingerprint density at radius 1 is 1.28 bits per heavy atom. The summed E-state index contributed by atoms with van der Waals surface area (Å²) in [4.78, 5) is 16.3. The van der Waals surface area contributed by atoms with Gasteiger partial charge in [0.05, 0.1) is 10.7 Å². The molecule has 1 saturated carbocycles. The number of hydrogen-bond acceptors (Lipinski definition) is 2. The zero-order chi connectivity index (χ0) is 13.3. The van der Waals surface area contributed by atoms with Crippen molar-refractivity contribution in [2.45, 2.75) is 40.0 Å². The summed E-state index contributed by atoms with van der Waals surface area (Å²) in [7, 11) is 0. The lowest BCUT2D eigenvalue weighted by Crippen LogP contribution is -2.28. The third-order valence-corrected chi connectivity index (χ3v) is 3.46. The normalized spacial score (nSPS) is 21.3. The molecule has 0 N–H and O–H groups in total. The van der Waals surface area contributed by atoms with E-state index in [4.69, 9.17) is 11.6 Å². The molecule has 1 aromatic rings. The fourth-order valence-corrected chi connectivity index (χ4v) is 2.62. The number of benzene rings is 1. The van der Waals surface area contributed by atoms with Crippen LogP contribution < -0.4 is 0 Å². The van der Waals surface area contributed by atoms with E-state index in [1.807, 2.05) is 25.1 Å².